The van der Waals surface area contributed by atoms with Gasteiger partial charge in [-0.05, 0) is 19.9 Å². The Morgan fingerprint density at radius 1 is 0.692 bits per heavy atom. The maximum atomic E-state index is 3.25. The molecule has 0 heterocycles. The monoisotopic (exact) mass is 442 g/mol. The molecule has 4 aliphatic carbocycles. The smallest absolute Gasteiger partial charge is 0.346 e. The molecule has 0 N–H and O–H groups in total. The van der Waals surface area contributed by atoms with Gasteiger partial charge in [-0.1, -0.05) is 62.4 Å². The second-order valence-corrected chi connectivity index (χ2v) is 13.0. The summed E-state index contributed by atoms with van der Waals surface area (Å²) in [5.41, 5.74) is 1.77. The van der Waals surface area contributed by atoms with Crippen molar-refractivity contribution < 1.29 is 26.2 Å². The summed E-state index contributed by atoms with van der Waals surface area (Å²) < 4.78 is 0. The summed E-state index contributed by atoms with van der Waals surface area (Å²) >= 11 is 0. The van der Waals surface area contributed by atoms with Crippen LogP contribution in [0.3, 0.4) is 0 Å². The Hall–Kier alpha value is 0.0600. The molecular formula is C24H36SiZr. The average molecular weight is 444 g/mol. The maximum Gasteiger partial charge on any atom is 4.00 e. The molecule has 0 saturated heterocycles. The van der Waals surface area contributed by atoms with E-state index in [4.69, 9.17) is 0 Å². The summed E-state index contributed by atoms with van der Waals surface area (Å²) in [7, 11) is -1.26. The first-order chi connectivity index (χ1) is 12.1. The molecule has 0 aromatic rings. The van der Waals surface area contributed by atoms with Crippen molar-refractivity contribution in [3.05, 3.63) is 75.3 Å². The number of fused-ring (bicyclic) bond motifs is 2. The third-order valence-corrected chi connectivity index (χ3v) is 11.1. The second-order valence-electron chi connectivity index (χ2n) is 7.91. The molecule has 0 aromatic carbocycles. The topological polar surface area (TPSA) is 0 Å². The van der Waals surface area contributed by atoms with Gasteiger partial charge < -0.3 is 26.7 Å². The Kier molecular flexibility index (Phi) is 10.3. The predicted molar refractivity (Wildman–Crippen MR) is 115 cm³/mol. The van der Waals surface area contributed by atoms with Crippen LogP contribution in [0.15, 0.2) is 48.6 Å². The first-order valence-electron chi connectivity index (χ1n) is 9.96. The van der Waals surface area contributed by atoms with Crippen molar-refractivity contribution in [2.75, 3.05) is 0 Å². The Balaban J connectivity index is 0.000000635. The van der Waals surface area contributed by atoms with Gasteiger partial charge in [-0.3, -0.25) is 0 Å². The van der Waals surface area contributed by atoms with Crippen LogP contribution in [0.5, 0.6) is 0 Å². The molecule has 26 heavy (non-hydrogen) atoms. The molecule has 6 atom stereocenters. The van der Waals surface area contributed by atoms with Gasteiger partial charge in [-0.2, -0.15) is 24.9 Å². The largest absolute Gasteiger partial charge is 4.00 e. The molecule has 0 aliphatic heterocycles. The molecule has 6 unspecified atom stereocenters. The van der Waals surface area contributed by atoms with Crippen LogP contribution in [0.25, 0.3) is 0 Å². The van der Waals surface area contributed by atoms with Crippen LogP contribution < -0.4 is 0 Å². The van der Waals surface area contributed by atoms with Gasteiger partial charge in [0.05, 0.1) is 0 Å². The first-order valence-corrected chi connectivity index (χ1v) is 13.1. The van der Waals surface area contributed by atoms with Gasteiger partial charge in [0, 0.05) is 0 Å². The second kappa shape index (κ2) is 11.2. The van der Waals surface area contributed by atoms with Gasteiger partial charge in [0.2, 0.25) is 0 Å². The van der Waals surface area contributed by atoms with Crippen molar-refractivity contribution in [1.82, 2.24) is 0 Å². The Bertz CT molecular complexity index is 442. The van der Waals surface area contributed by atoms with Gasteiger partial charge in [0.25, 0.3) is 0 Å². The molecule has 4 rings (SSSR count). The molecule has 0 aromatic heterocycles. The van der Waals surface area contributed by atoms with Gasteiger partial charge in [0.1, 0.15) is 0 Å². The van der Waals surface area contributed by atoms with E-state index in [0.29, 0.717) is 0 Å². The molecule has 2 fully saturated rings. The fourth-order valence-corrected chi connectivity index (χ4v) is 8.63. The molecule has 140 valence electrons. The van der Waals surface area contributed by atoms with Gasteiger partial charge in [-0.25, -0.2) is 0 Å². The fourth-order valence-electron chi connectivity index (χ4n) is 4.88. The minimum Gasteiger partial charge on any atom is -0.346 e. The predicted octanol–water partition coefficient (Wildman–Crippen LogP) is 7.05. The number of hydrogen-bond acceptors (Lipinski definition) is 0. The van der Waals surface area contributed by atoms with E-state index in [1.54, 1.807) is 13.8 Å². The van der Waals surface area contributed by atoms with E-state index in [-0.39, 0.29) is 26.2 Å². The minimum absolute atomic E-state index is 0. The van der Waals surface area contributed by atoms with E-state index < -0.39 is 8.07 Å². The van der Waals surface area contributed by atoms with Crippen molar-refractivity contribution in [2.24, 2.45) is 23.7 Å². The molecule has 2 saturated carbocycles. The van der Waals surface area contributed by atoms with E-state index in [1.807, 2.05) is 0 Å². The van der Waals surface area contributed by atoms with E-state index in [9.17, 15) is 0 Å². The van der Waals surface area contributed by atoms with Crippen molar-refractivity contribution in [3.8, 4) is 0 Å². The zero-order valence-electron chi connectivity index (χ0n) is 17.1. The zero-order valence-corrected chi connectivity index (χ0v) is 20.5. The Morgan fingerprint density at radius 3 is 1.38 bits per heavy atom. The number of hydrogen-bond donors (Lipinski definition) is 0. The van der Waals surface area contributed by atoms with Crippen LogP contribution >= 0.6 is 0 Å². The Labute approximate surface area is 183 Å². The van der Waals surface area contributed by atoms with Gasteiger partial charge in [0.15, 0.2) is 0 Å². The van der Waals surface area contributed by atoms with E-state index in [0.717, 1.165) is 34.8 Å². The van der Waals surface area contributed by atoms with Crippen molar-refractivity contribution in [2.45, 2.75) is 50.9 Å². The fraction of sp³-hybridized carbons (Fsp3) is 0.500. The summed E-state index contributed by atoms with van der Waals surface area (Å²) in [5, 5.41) is 0. The standard InChI is InChI=1S/C20H26Si.2C2H5.Zr/c1-21(2,19-11-15-7-3-4-8-16(15)12-19)20-13-17-9-5-6-10-18(17)14-20;2*1-2;/h3-11,13,15-20H,12,14H2,1-2H3;2*1H2,2H3;/q-2;2*-1;+4. The molecule has 0 bridgehead atoms. The van der Waals surface area contributed by atoms with Gasteiger partial charge in [-0.15, -0.1) is 24.0 Å². The van der Waals surface area contributed by atoms with Crippen LogP contribution in [0.1, 0.15) is 26.7 Å². The minimum atomic E-state index is -1.26. The zero-order chi connectivity index (χ0) is 18.4. The SMILES string of the molecule is C[Si](C)(C1[CH-]C2C=CC=CC2C1)C1[CH-]C2C=CC=CC2C1.[CH2-]C.[CH2-]C.[Zr+4]. The van der Waals surface area contributed by atoms with Gasteiger partial charge >= 0.3 is 26.2 Å². The van der Waals surface area contributed by atoms with Crippen molar-refractivity contribution in [1.29, 1.82) is 0 Å². The average Bonchev–Trinajstić information content (AvgIpc) is 3.30. The molecule has 0 radical (unpaired) electrons. The van der Waals surface area contributed by atoms with Crippen molar-refractivity contribution in [3.63, 3.8) is 0 Å². The maximum absolute atomic E-state index is 3.25. The van der Waals surface area contributed by atoms with Crippen LogP contribution in [0, 0.1) is 50.4 Å². The van der Waals surface area contributed by atoms with Crippen LogP contribution in [-0.4, -0.2) is 8.07 Å². The van der Waals surface area contributed by atoms with Crippen LogP contribution in [0.4, 0.5) is 0 Å². The molecule has 0 spiro atoms. The first kappa shape index (κ1) is 24.1. The summed E-state index contributed by atoms with van der Waals surface area (Å²) in [6, 6.07) is 0. The van der Waals surface area contributed by atoms with Crippen LogP contribution in [-0.2, 0) is 26.2 Å². The number of rotatable bonds is 2. The Morgan fingerprint density at radius 2 is 1.04 bits per heavy atom. The van der Waals surface area contributed by atoms with E-state index in [2.05, 4.69) is 88.4 Å². The quantitative estimate of drug-likeness (QED) is 0.317. The normalized spacial score (nSPS) is 36.1. The number of allylic oxidation sites excluding steroid dienone is 8. The van der Waals surface area contributed by atoms with Crippen molar-refractivity contribution >= 4 is 8.07 Å². The third kappa shape index (κ3) is 5.11. The summed E-state index contributed by atoms with van der Waals surface area (Å²) in [4.78, 5) is 0. The summed E-state index contributed by atoms with van der Waals surface area (Å²) in [6.45, 7) is 15.3. The van der Waals surface area contributed by atoms with E-state index >= 15 is 0 Å². The summed E-state index contributed by atoms with van der Waals surface area (Å²) in [6.07, 6.45) is 26.9. The molecule has 0 amide bonds. The molecule has 4 aliphatic rings. The summed E-state index contributed by atoms with van der Waals surface area (Å²) in [5.74, 6) is 3.01. The molecular weight excluding hydrogens is 408 g/mol. The van der Waals surface area contributed by atoms with E-state index in [1.165, 1.54) is 12.8 Å². The molecule has 2 heteroatoms. The molecule has 0 nitrogen and oxygen atoms in total. The third-order valence-electron chi connectivity index (χ3n) is 6.47. The van der Waals surface area contributed by atoms with Crippen LogP contribution in [0.2, 0.25) is 24.2 Å².